The van der Waals surface area contributed by atoms with E-state index in [-0.39, 0.29) is 35.6 Å². The molecule has 0 atom stereocenters. The summed E-state index contributed by atoms with van der Waals surface area (Å²) in [5, 5.41) is 19.5. The van der Waals surface area contributed by atoms with Gasteiger partial charge in [0.25, 0.3) is 5.91 Å². The first kappa shape index (κ1) is 18.2. The van der Waals surface area contributed by atoms with Crippen LogP contribution in [0.25, 0.3) is 0 Å². The monoisotopic (exact) mass is 352 g/mol. The molecule has 2 fully saturated rings. The second-order valence-electron chi connectivity index (χ2n) is 6.27. The molecule has 1 aliphatic carbocycles. The third kappa shape index (κ3) is 3.52. The Hall–Kier alpha value is -2.11. The van der Waals surface area contributed by atoms with Crippen LogP contribution in [0.15, 0.2) is 6.20 Å². The molecule has 0 bridgehead atoms. The van der Waals surface area contributed by atoms with Crippen LogP contribution in [0.3, 0.4) is 0 Å². The average molecular weight is 353 g/mol. The first-order valence-electron chi connectivity index (χ1n) is 7.84. The van der Waals surface area contributed by atoms with Gasteiger partial charge in [-0.05, 0) is 38.8 Å². The van der Waals surface area contributed by atoms with E-state index in [1.807, 2.05) is 0 Å². The Labute approximate surface area is 146 Å². The third-order valence-electron chi connectivity index (χ3n) is 4.60. The van der Waals surface area contributed by atoms with Crippen LogP contribution in [0.1, 0.15) is 42.5 Å². The number of piperidine rings is 1. The summed E-state index contributed by atoms with van der Waals surface area (Å²) < 4.78 is 1.65. The molecular formula is C15H21ClN6O2. The summed E-state index contributed by atoms with van der Waals surface area (Å²) >= 11 is 0. The van der Waals surface area contributed by atoms with Gasteiger partial charge in [0.1, 0.15) is 5.56 Å². The number of hydrogen-bond donors (Lipinski definition) is 3. The van der Waals surface area contributed by atoms with E-state index in [4.69, 9.17) is 5.73 Å². The fourth-order valence-electron chi connectivity index (χ4n) is 2.98. The second kappa shape index (κ2) is 7.20. The van der Waals surface area contributed by atoms with Gasteiger partial charge in [-0.3, -0.25) is 14.3 Å². The molecule has 0 unspecified atom stereocenters. The van der Waals surface area contributed by atoms with Gasteiger partial charge in [0, 0.05) is 12.1 Å². The van der Waals surface area contributed by atoms with Gasteiger partial charge in [-0.2, -0.15) is 10.4 Å². The van der Waals surface area contributed by atoms with Crippen molar-refractivity contribution < 1.29 is 9.59 Å². The van der Waals surface area contributed by atoms with Crippen molar-refractivity contribution in [2.24, 2.45) is 11.7 Å². The van der Waals surface area contributed by atoms with Gasteiger partial charge in [-0.25, -0.2) is 0 Å². The smallest absolute Gasteiger partial charge is 0.254 e. The molecule has 9 heteroatoms. The molecule has 130 valence electrons. The first-order chi connectivity index (χ1) is 11.1. The number of nitrogens with one attached hydrogen (secondary N) is 2. The topological polar surface area (TPSA) is 126 Å². The molecule has 2 amide bonds. The summed E-state index contributed by atoms with van der Waals surface area (Å²) in [6.07, 6.45) is 5.05. The summed E-state index contributed by atoms with van der Waals surface area (Å²) in [6.45, 7) is 1.55. The number of nitrogens with two attached hydrogens (primary N) is 1. The van der Waals surface area contributed by atoms with Crippen molar-refractivity contribution in [3.05, 3.63) is 11.8 Å². The van der Waals surface area contributed by atoms with Crippen LogP contribution >= 0.6 is 12.4 Å². The van der Waals surface area contributed by atoms with E-state index in [2.05, 4.69) is 21.8 Å². The second-order valence-corrected chi connectivity index (χ2v) is 6.27. The van der Waals surface area contributed by atoms with Gasteiger partial charge < -0.3 is 16.4 Å². The number of halogens is 1. The molecule has 8 nitrogen and oxygen atoms in total. The van der Waals surface area contributed by atoms with E-state index in [0.717, 1.165) is 38.8 Å². The van der Waals surface area contributed by atoms with Gasteiger partial charge in [0.05, 0.1) is 18.0 Å². The van der Waals surface area contributed by atoms with E-state index in [1.54, 1.807) is 10.9 Å². The van der Waals surface area contributed by atoms with Gasteiger partial charge in [0.15, 0.2) is 5.82 Å². The van der Waals surface area contributed by atoms with Gasteiger partial charge in [0.2, 0.25) is 5.91 Å². The molecule has 0 radical (unpaired) electrons. The highest BCUT2D eigenvalue weighted by molar-refractivity contribution is 6.02. The maximum absolute atomic E-state index is 12.0. The number of amides is 2. The van der Waals surface area contributed by atoms with E-state index in [1.165, 1.54) is 0 Å². The maximum Gasteiger partial charge on any atom is 0.254 e. The number of aromatic nitrogens is 2. The number of primary amides is 1. The van der Waals surface area contributed by atoms with Crippen LogP contribution in [0, 0.1) is 17.2 Å². The van der Waals surface area contributed by atoms with Crippen LogP contribution in [-0.4, -0.2) is 34.7 Å². The number of anilines is 1. The summed E-state index contributed by atoms with van der Waals surface area (Å²) in [4.78, 5) is 23.7. The SMILES string of the molecule is Cl.N#CCC1(n2cc(C(N)=O)c(NC(=O)C3CC3)n2)CCNCC1. The molecule has 0 aromatic carbocycles. The lowest BCUT2D eigenvalue weighted by Gasteiger charge is -2.36. The highest BCUT2D eigenvalue weighted by Crippen LogP contribution is 2.33. The van der Waals surface area contributed by atoms with Crippen LogP contribution in [-0.2, 0) is 10.3 Å². The fraction of sp³-hybridized carbons (Fsp3) is 0.600. The highest BCUT2D eigenvalue weighted by Gasteiger charge is 2.37. The van der Waals surface area contributed by atoms with Crippen LogP contribution < -0.4 is 16.4 Å². The molecule has 1 aromatic heterocycles. The molecule has 4 N–H and O–H groups in total. The van der Waals surface area contributed by atoms with Crippen molar-refractivity contribution >= 4 is 30.0 Å². The molecule has 1 aromatic rings. The van der Waals surface area contributed by atoms with E-state index >= 15 is 0 Å². The summed E-state index contributed by atoms with van der Waals surface area (Å²) in [5.74, 6) is -0.557. The first-order valence-corrected chi connectivity index (χ1v) is 7.84. The minimum atomic E-state index is -0.636. The van der Waals surface area contributed by atoms with Gasteiger partial charge in [-0.15, -0.1) is 12.4 Å². The van der Waals surface area contributed by atoms with E-state index in [0.29, 0.717) is 6.42 Å². The van der Waals surface area contributed by atoms with E-state index in [9.17, 15) is 14.9 Å². The molecular weight excluding hydrogens is 332 g/mol. The number of hydrogen-bond acceptors (Lipinski definition) is 5. The molecule has 1 aliphatic heterocycles. The Bertz CT molecular complexity index is 670. The Morgan fingerprint density at radius 1 is 1.46 bits per heavy atom. The summed E-state index contributed by atoms with van der Waals surface area (Å²) in [5.41, 5.74) is 5.15. The number of rotatable bonds is 5. The minimum Gasteiger partial charge on any atom is -0.365 e. The highest BCUT2D eigenvalue weighted by atomic mass is 35.5. The van der Waals surface area contributed by atoms with E-state index < -0.39 is 11.4 Å². The predicted molar refractivity (Wildman–Crippen MR) is 89.7 cm³/mol. The zero-order valence-corrected chi connectivity index (χ0v) is 14.1. The molecule has 0 spiro atoms. The van der Waals surface area contributed by atoms with Gasteiger partial charge >= 0.3 is 0 Å². The van der Waals surface area contributed by atoms with Crippen molar-refractivity contribution in [3.8, 4) is 6.07 Å². The number of nitriles is 1. The molecule has 2 heterocycles. The largest absolute Gasteiger partial charge is 0.365 e. The predicted octanol–water partition coefficient (Wildman–Crippen LogP) is 0.745. The Balaban J connectivity index is 0.00000208. The maximum atomic E-state index is 12.0. The zero-order valence-electron chi connectivity index (χ0n) is 13.2. The molecule has 2 aliphatic rings. The number of carbonyl (C=O) groups is 2. The fourth-order valence-corrected chi connectivity index (χ4v) is 2.98. The number of nitrogens with zero attached hydrogens (tertiary/aromatic N) is 3. The van der Waals surface area contributed by atoms with Crippen molar-refractivity contribution in [1.29, 1.82) is 5.26 Å². The lowest BCUT2D eigenvalue weighted by Crippen LogP contribution is -2.44. The van der Waals surface area contributed by atoms with Crippen molar-refractivity contribution in [2.45, 2.75) is 37.6 Å². The molecule has 1 saturated heterocycles. The summed E-state index contributed by atoms with van der Waals surface area (Å²) in [6, 6.07) is 2.21. The van der Waals surface area contributed by atoms with Crippen molar-refractivity contribution in [1.82, 2.24) is 15.1 Å². The van der Waals surface area contributed by atoms with Crippen LogP contribution in [0.2, 0.25) is 0 Å². The average Bonchev–Trinajstić information content (AvgIpc) is 3.29. The lowest BCUT2D eigenvalue weighted by molar-refractivity contribution is -0.117. The summed E-state index contributed by atoms with van der Waals surface area (Å²) in [7, 11) is 0. The number of carbonyl (C=O) groups excluding carboxylic acids is 2. The molecule has 3 rings (SSSR count). The quantitative estimate of drug-likeness (QED) is 0.720. The standard InChI is InChI=1S/C15H20N6O2.ClH/c16-6-3-15(4-7-18-8-5-15)21-9-11(12(17)22)13(20-21)19-14(23)10-1-2-10;/h9-10,18H,1-5,7-8H2,(H2,17,22)(H,19,20,23);1H. The normalized spacial score (nSPS) is 19.0. The third-order valence-corrected chi connectivity index (χ3v) is 4.60. The zero-order chi connectivity index (χ0) is 16.4. The van der Waals surface area contributed by atoms with Crippen molar-refractivity contribution in [3.63, 3.8) is 0 Å². The van der Waals surface area contributed by atoms with Gasteiger partial charge in [-0.1, -0.05) is 0 Å². The Kier molecular flexibility index (Phi) is 5.47. The minimum absolute atomic E-state index is 0. The molecule has 1 saturated carbocycles. The van der Waals surface area contributed by atoms with Crippen molar-refractivity contribution in [2.75, 3.05) is 18.4 Å². The lowest BCUT2D eigenvalue weighted by atomic mass is 9.86. The molecule has 24 heavy (non-hydrogen) atoms. The Morgan fingerprint density at radius 3 is 2.67 bits per heavy atom. The van der Waals surface area contributed by atoms with Crippen LogP contribution in [0.4, 0.5) is 5.82 Å². The van der Waals surface area contributed by atoms with Crippen LogP contribution in [0.5, 0.6) is 0 Å². The Morgan fingerprint density at radius 2 is 2.12 bits per heavy atom.